The van der Waals surface area contributed by atoms with Crippen LogP contribution >= 0.6 is 0 Å². The van der Waals surface area contributed by atoms with Crippen molar-refractivity contribution in [2.75, 3.05) is 11.9 Å². The van der Waals surface area contributed by atoms with Crippen LogP contribution in [-0.2, 0) is 42.3 Å². The summed E-state index contributed by atoms with van der Waals surface area (Å²) in [7, 11) is -4.16. The van der Waals surface area contributed by atoms with Crippen LogP contribution in [0.5, 0.6) is 5.88 Å². The molecule has 1 aromatic heterocycles. The maximum Gasteiger partial charge on any atom is 0.333 e. The molecule has 2 N–H and O–H groups in total. The number of anilines is 1. The molecule has 10 heteroatoms. The predicted molar refractivity (Wildman–Crippen MR) is 102 cm³/mol. The van der Waals surface area contributed by atoms with Gasteiger partial charge in [-0.1, -0.05) is 0 Å². The predicted octanol–water partition coefficient (Wildman–Crippen LogP) is 2.29. The van der Waals surface area contributed by atoms with Crippen LogP contribution in [0, 0.1) is 5.82 Å². The minimum absolute atomic E-state index is 0.139. The van der Waals surface area contributed by atoms with Crippen LogP contribution in [0.15, 0.2) is 11.1 Å². The van der Waals surface area contributed by atoms with E-state index in [-0.39, 0.29) is 16.6 Å². The minimum atomic E-state index is -4.16. The van der Waals surface area contributed by atoms with Gasteiger partial charge in [0.15, 0.2) is 4.90 Å². The highest BCUT2D eigenvalue weighted by Gasteiger charge is 2.32. The number of sulfonamides is 1. The smallest absolute Gasteiger partial charge is 0.333 e. The second-order valence-electron chi connectivity index (χ2n) is 7.61. The standard InChI is InChI=1S/C19H21FN4O4S/c20-16-11-4-1-6-13(11)17(14-7-2-5-12(14)16)22-19(25)23-29(26,27)15-10-21-24-8-3-9-28-18(15)24/h10H,1-9H2,(H2,22,23,25). The van der Waals surface area contributed by atoms with E-state index < -0.39 is 16.1 Å². The van der Waals surface area contributed by atoms with Gasteiger partial charge in [-0.3, -0.25) is 0 Å². The molecule has 0 radical (unpaired) electrons. The van der Waals surface area contributed by atoms with E-state index >= 15 is 0 Å². The Kier molecular flexibility index (Phi) is 4.27. The summed E-state index contributed by atoms with van der Waals surface area (Å²) >= 11 is 0. The van der Waals surface area contributed by atoms with Gasteiger partial charge in [0.1, 0.15) is 5.82 Å². The van der Waals surface area contributed by atoms with Crippen molar-refractivity contribution in [3.05, 3.63) is 34.3 Å². The largest absolute Gasteiger partial charge is 0.477 e. The normalized spacial score (nSPS) is 17.3. The maximum absolute atomic E-state index is 14.8. The van der Waals surface area contributed by atoms with E-state index in [0.717, 1.165) is 30.4 Å². The van der Waals surface area contributed by atoms with E-state index in [1.165, 1.54) is 10.9 Å². The minimum Gasteiger partial charge on any atom is -0.477 e. The zero-order valence-electron chi connectivity index (χ0n) is 15.8. The maximum atomic E-state index is 14.8. The summed E-state index contributed by atoms with van der Waals surface area (Å²) in [5.74, 6) is -0.00708. The molecule has 1 aromatic carbocycles. The molecule has 0 bridgehead atoms. The quantitative estimate of drug-likeness (QED) is 0.793. The Morgan fingerprint density at radius 1 is 1.07 bits per heavy atom. The average molecular weight is 420 g/mol. The number of carbonyl (C=O) groups is 1. The van der Waals surface area contributed by atoms with Gasteiger partial charge in [0.25, 0.3) is 10.0 Å². The first-order valence-corrected chi connectivity index (χ1v) is 11.3. The third-order valence-corrected chi connectivity index (χ3v) is 7.15. The Morgan fingerprint density at radius 3 is 2.41 bits per heavy atom. The number of benzene rings is 1. The number of hydrogen-bond acceptors (Lipinski definition) is 5. The van der Waals surface area contributed by atoms with Gasteiger partial charge in [0, 0.05) is 18.7 Å². The summed E-state index contributed by atoms with van der Waals surface area (Å²) in [5, 5.41) is 6.72. The third-order valence-electron chi connectivity index (χ3n) is 5.84. The zero-order valence-corrected chi connectivity index (χ0v) is 16.6. The molecular weight excluding hydrogens is 399 g/mol. The van der Waals surface area contributed by atoms with Gasteiger partial charge >= 0.3 is 6.03 Å². The zero-order chi connectivity index (χ0) is 20.2. The van der Waals surface area contributed by atoms with Crippen LogP contribution in [0.1, 0.15) is 41.5 Å². The van der Waals surface area contributed by atoms with Gasteiger partial charge in [-0.15, -0.1) is 0 Å². The first-order valence-electron chi connectivity index (χ1n) is 9.83. The van der Waals surface area contributed by atoms with Crippen molar-refractivity contribution in [3.63, 3.8) is 0 Å². The first kappa shape index (κ1) is 18.4. The van der Waals surface area contributed by atoms with E-state index in [4.69, 9.17) is 4.74 Å². The fourth-order valence-electron chi connectivity index (χ4n) is 4.58. The molecule has 0 spiro atoms. The van der Waals surface area contributed by atoms with Gasteiger partial charge in [-0.05, 0) is 60.8 Å². The number of nitrogens with one attached hydrogen (secondary N) is 2. The highest BCUT2D eigenvalue weighted by Crippen LogP contribution is 2.41. The van der Waals surface area contributed by atoms with Gasteiger partial charge in [-0.2, -0.15) is 5.10 Å². The Labute approximate surface area is 167 Å². The summed E-state index contributed by atoms with van der Waals surface area (Å²) in [6.07, 6.45) is 6.20. The SMILES string of the molecule is O=C(Nc1c2c(c(F)c3c1CCC3)CCC2)NS(=O)(=O)c1cnn2c1OCCC2. The molecule has 5 rings (SSSR count). The average Bonchev–Trinajstić information content (AvgIpc) is 3.43. The van der Waals surface area contributed by atoms with E-state index in [9.17, 15) is 17.6 Å². The lowest BCUT2D eigenvalue weighted by Crippen LogP contribution is -2.35. The van der Waals surface area contributed by atoms with Crippen molar-refractivity contribution in [2.45, 2.75) is 56.4 Å². The number of aryl methyl sites for hydroxylation is 1. The topological polar surface area (TPSA) is 102 Å². The van der Waals surface area contributed by atoms with Crippen molar-refractivity contribution in [3.8, 4) is 5.88 Å². The molecule has 154 valence electrons. The number of ether oxygens (including phenoxy) is 1. The lowest BCUT2D eigenvalue weighted by atomic mass is 9.98. The number of rotatable bonds is 3. The molecule has 0 fully saturated rings. The summed E-state index contributed by atoms with van der Waals surface area (Å²) in [6.45, 7) is 0.958. The summed E-state index contributed by atoms with van der Waals surface area (Å²) < 4.78 is 49.1. The lowest BCUT2D eigenvalue weighted by molar-refractivity contribution is 0.224. The van der Waals surface area contributed by atoms with E-state index in [2.05, 4.69) is 10.4 Å². The molecule has 0 saturated heterocycles. The number of aromatic nitrogens is 2. The molecule has 2 aromatic rings. The second-order valence-corrected chi connectivity index (χ2v) is 9.26. The van der Waals surface area contributed by atoms with Crippen LogP contribution in [0.25, 0.3) is 0 Å². The van der Waals surface area contributed by atoms with Crippen LogP contribution in [0.3, 0.4) is 0 Å². The molecule has 1 aliphatic heterocycles. The number of amides is 2. The molecule has 3 aliphatic rings. The van der Waals surface area contributed by atoms with E-state index in [1.807, 2.05) is 4.72 Å². The first-order chi connectivity index (χ1) is 14.0. The summed E-state index contributed by atoms with van der Waals surface area (Å²) in [5.41, 5.74) is 3.47. The van der Waals surface area contributed by atoms with Gasteiger partial charge in [0.2, 0.25) is 5.88 Å². The second kappa shape index (κ2) is 6.72. The Bertz CT molecular complexity index is 1090. The number of hydrogen-bond donors (Lipinski definition) is 2. The molecule has 8 nitrogen and oxygen atoms in total. The molecule has 0 saturated carbocycles. The molecule has 2 aliphatic carbocycles. The molecule has 2 amide bonds. The molecule has 29 heavy (non-hydrogen) atoms. The van der Waals surface area contributed by atoms with Crippen LogP contribution in [0.4, 0.5) is 14.9 Å². The number of nitrogens with zero attached hydrogens (tertiary/aromatic N) is 2. The highest BCUT2D eigenvalue weighted by atomic mass is 32.2. The van der Waals surface area contributed by atoms with Crippen LogP contribution in [0.2, 0.25) is 0 Å². The van der Waals surface area contributed by atoms with Gasteiger partial charge < -0.3 is 10.1 Å². The Morgan fingerprint density at radius 2 is 1.72 bits per heavy atom. The summed E-state index contributed by atoms with van der Waals surface area (Å²) in [4.78, 5) is 12.4. The van der Waals surface area contributed by atoms with Crippen molar-refractivity contribution < 1.29 is 22.3 Å². The van der Waals surface area contributed by atoms with Gasteiger partial charge in [-0.25, -0.2) is 27.0 Å². The lowest BCUT2D eigenvalue weighted by Gasteiger charge is -2.18. The number of halogens is 1. The molecule has 2 heterocycles. The van der Waals surface area contributed by atoms with Crippen molar-refractivity contribution >= 4 is 21.7 Å². The van der Waals surface area contributed by atoms with Crippen molar-refractivity contribution in [2.24, 2.45) is 0 Å². The van der Waals surface area contributed by atoms with Gasteiger partial charge in [0.05, 0.1) is 12.8 Å². The van der Waals surface area contributed by atoms with Crippen molar-refractivity contribution in [1.29, 1.82) is 0 Å². The monoisotopic (exact) mass is 420 g/mol. The Balaban J connectivity index is 1.43. The van der Waals surface area contributed by atoms with Crippen LogP contribution < -0.4 is 14.8 Å². The number of carbonyl (C=O) groups excluding carboxylic acids is 1. The molecule has 0 atom stereocenters. The molecular formula is C19H21FN4O4S. The fraction of sp³-hybridized carbons (Fsp3) is 0.474. The molecule has 0 unspecified atom stereocenters. The number of fused-ring (bicyclic) bond motifs is 3. The van der Waals surface area contributed by atoms with E-state index in [1.54, 1.807) is 0 Å². The third kappa shape index (κ3) is 2.97. The number of urea groups is 1. The highest BCUT2D eigenvalue weighted by molar-refractivity contribution is 7.90. The van der Waals surface area contributed by atoms with Crippen LogP contribution in [-0.4, -0.2) is 30.8 Å². The Hall–Kier alpha value is -2.62. The fourth-order valence-corrected chi connectivity index (χ4v) is 5.57. The summed E-state index contributed by atoms with van der Waals surface area (Å²) in [6, 6.07) is -0.865. The van der Waals surface area contributed by atoms with E-state index in [0.29, 0.717) is 55.6 Å². The van der Waals surface area contributed by atoms with Crippen molar-refractivity contribution in [1.82, 2.24) is 14.5 Å².